The van der Waals surface area contributed by atoms with E-state index < -0.39 is 149 Å². The summed E-state index contributed by atoms with van der Waals surface area (Å²) in [5.74, 6) is -0.695. The van der Waals surface area contributed by atoms with E-state index in [1.54, 1.807) is 0 Å². The van der Waals surface area contributed by atoms with Crippen LogP contribution in [0.25, 0.3) is 0 Å². The number of ether oxygens (including phenoxy) is 7. The molecule has 4 saturated heterocycles. The number of hydrogen-bond acceptors (Lipinski definition) is 20. The molecule has 0 unspecified atom stereocenters. The molecule has 0 saturated carbocycles. The van der Waals surface area contributed by atoms with Gasteiger partial charge in [-0.25, -0.2) is 0 Å². The van der Waals surface area contributed by atoms with Crippen LogP contribution in [0.1, 0.15) is 13.3 Å². The molecule has 0 spiro atoms. The van der Waals surface area contributed by atoms with E-state index in [0.29, 0.717) is 0 Å². The Morgan fingerprint density at radius 2 is 1.17 bits per heavy atom. The zero-order valence-corrected chi connectivity index (χ0v) is 25.1. The molecule has 4 fully saturated rings. The van der Waals surface area contributed by atoms with Crippen LogP contribution >= 0.6 is 0 Å². The first-order chi connectivity index (χ1) is 22.2. The van der Waals surface area contributed by atoms with Gasteiger partial charge in [-0.05, 0) is 0 Å². The SMILES string of the molecule is CC(=O)N[C@H]1[C@H](O[C@@H]2[C@@H](O[C@@H]3[C@H](O)[C@H](O)O[C@H](CO[C@H]4O[C@H](CO)[C@@H](O)C[C@@H]4O)[C@H]3O)O[C@H](CO)[C@@H](O)[C@@H]2O)O[C@H](CO)[C@@H](O)[C@@H]1O. The maximum Gasteiger partial charge on any atom is 0.217 e. The zero-order chi connectivity index (χ0) is 34.7. The van der Waals surface area contributed by atoms with Gasteiger partial charge in [0, 0.05) is 13.3 Å². The van der Waals surface area contributed by atoms with Crippen LogP contribution in [-0.2, 0) is 38.0 Å². The maximum atomic E-state index is 11.9. The Balaban J connectivity index is 1.53. The molecule has 13 N–H and O–H groups in total. The summed E-state index contributed by atoms with van der Waals surface area (Å²) in [4.78, 5) is 11.9. The summed E-state index contributed by atoms with van der Waals surface area (Å²) in [6.45, 7) is -1.76. The highest BCUT2D eigenvalue weighted by Gasteiger charge is 2.54. The minimum Gasteiger partial charge on any atom is -0.394 e. The Labute approximate surface area is 267 Å². The van der Waals surface area contributed by atoms with Crippen molar-refractivity contribution >= 4 is 5.91 Å². The largest absolute Gasteiger partial charge is 0.394 e. The molecule has 4 rings (SSSR count). The van der Waals surface area contributed by atoms with E-state index in [1.165, 1.54) is 0 Å². The van der Waals surface area contributed by atoms with Crippen molar-refractivity contribution in [1.82, 2.24) is 5.32 Å². The number of amides is 1. The van der Waals surface area contributed by atoms with Crippen molar-refractivity contribution in [2.24, 2.45) is 0 Å². The Morgan fingerprint density at radius 1 is 0.617 bits per heavy atom. The number of nitrogens with one attached hydrogen (secondary N) is 1. The molecule has 1 amide bonds. The first kappa shape index (κ1) is 38.5. The average molecular weight is 692 g/mol. The number of carbonyl (C=O) groups excluding carboxylic acids is 1. The highest BCUT2D eigenvalue weighted by molar-refractivity contribution is 5.73. The minimum atomic E-state index is -2.01. The summed E-state index contributed by atoms with van der Waals surface area (Å²) in [5.41, 5.74) is 0. The Morgan fingerprint density at radius 3 is 1.77 bits per heavy atom. The van der Waals surface area contributed by atoms with Gasteiger partial charge in [-0.3, -0.25) is 4.79 Å². The van der Waals surface area contributed by atoms with Gasteiger partial charge in [0.15, 0.2) is 25.2 Å². The molecule has 19 atom stereocenters. The third-order valence-corrected chi connectivity index (χ3v) is 8.46. The van der Waals surface area contributed by atoms with Crippen LogP contribution in [0.4, 0.5) is 0 Å². The number of hydrogen-bond donors (Lipinski definition) is 13. The quantitative estimate of drug-likeness (QED) is 0.0956. The van der Waals surface area contributed by atoms with Crippen LogP contribution in [0.15, 0.2) is 0 Å². The lowest BCUT2D eigenvalue weighted by molar-refractivity contribution is -0.382. The zero-order valence-electron chi connectivity index (χ0n) is 25.1. The minimum absolute atomic E-state index is 0.208. The molecule has 274 valence electrons. The third-order valence-electron chi connectivity index (χ3n) is 8.46. The van der Waals surface area contributed by atoms with E-state index in [1.807, 2.05) is 0 Å². The molecular weight excluding hydrogens is 646 g/mol. The summed E-state index contributed by atoms with van der Waals surface area (Å²) in [6, 6.07) is -1.50. The van der Waals surface area contributed by atoms with Crippen LogP contribution in [0.2, 0.25) is 0 Å². The smallest absolute Gasteiger partial charge is 0.217 e. The van der Waals surface area contributed by atoms with Gasteiger partial charge >= 0.3 is 0 Å². The standard InChI is InChI=1S/C26H45NO20/c1-7(31)27-14-18(37)15(34)11(4-29)44-25(14)47-22-19(38)16(35)12(5-30)45-26(22)46-21-17(36)13(42-23(40)20(21)39)6-41-24-9(33)2-8(32)10(3-28)43-24/h8-26,28-30,32-40H,2-6H2,1H3,(H,27,31)/t8-,9-,10+,11+,12+,13+,14+,15+,16+,17+,18+,19-,20-,21-,22-,23+,24-,25-,26+/m0/s1. The van der Waals surface area contributed by atoms with Gasteiger partial charge in [0.05, 0.1) is 32.5 Å². The summed E-state index contributed by atoms with van der Waals surface area (Å²) in [5, 5.41) is 126. The van der Waals surface area contributed by atoms with Gasteiger partial charge in [0.2, 0.25) is 5.91 Å². The van der Waals surface area contributed by atoms with E-state index >= 15 is 0 Å². The predicted molar refractivity (Wildman–Crippen MR) is 144 cm³/mol. The van der Waals surface area contributed by atoms with Crippen LogP contribution < -0.4 is 5.32 Å². The summed E-state index contributed by atoms with van der Waals surface area (Å²) < 4.78 is 38.7. The normalized spacial score (nSPS) is 49.4. The fourth-order valence-corrected chi connectivity index (χ4v) is 5.79. The number of carbonyl (C=O) groups is 1. The van der Waals surface area contributed by atoms with Gasteiger partial charge in [-0.15, -0.1) is 0 Å². The lowest BCUT2D eigenvalue weighted by atomic mass is 9.95. The maximum absolute atomic E-state index is 11.9. The third kappa shape index (κ3) is 8.54. The molecule has 4 aliphatic heterocycles. The molecule has 47 heavy (non-hydrogen) atoms. The van der Waals surface area contributed by atoms with E-state index in [2.05, 4.69) is 5.32 Å². The Bertz CT molecular complexity index is 998. The molecule has 21 nitrogen and oxygen atoms in total. The molecule has 0 bridgehead atoms. The Kier molecular flexibility index (Phi) is 13.6. The van der Waals surface area contributed by atoms with Crippen molar-refractivity contribution in [3.63, 3.8) is 0 Å². The van der Waals surface area contributed by atoms with Crippen LogP contribution in [0.5, 0.6) is 0 Å². The number of aliphatic hydroxyl groups is 12. The van der Waals surface area contributed by atoms with Gasteiger partial charge in [0.1, 0.15) is 85.4 Å². The monoisotopic (exact) mass is 691 g/mol. The van der Waals surface area contributed by atoms with Gasteiger partial charge in [-0.1, -0.05) is 0 Å². The molecular formula is C26H45NO20. The van der Waals surface area contributed by atoms with Crippen LogP contribution in [0, 0.1) is 0 Å². The van der Waals surface area contributed by atoms with Crippen molar-refractivity contribution in [2.45, 2.75) is 130 Å². The van der Waals surface area contributed by atoms with Crippen molar-refractivity contribution in [1.29, 1.82) is 0 Å². The van der Waals surface area contributed by atoms with Crippen molar-refractivity contribution < 1.29 is 99.2 Å². The van der Waals surface area contributed by atoms with Gasteiger partial charge < -0.3 is 99.8 Å². The molecule has 4 aliphatic rings. The lowest BCUT2D eigenvalue weighted by Gasteiger charge is -2.49. The Hall–Kier alpha value is -1.29. The summed E-state index contributed by atoms with van der Waals surface area (Å²) in [6.07, 6.45) is -30.0. The van der Waals surface area contributed by atoms with Crippen molar-refractivity contribution in [3.8, 4) is 0 Å². The molecule has 0 radical (unpaired) electrons. The second kappa shape index (κ2) is 16.6. The van der Waals surface area contributed by atoms with E-state index in [0.717, 1.165) is 6.92 Å². The van der Waals surface area contributed by atoms with E-state index in [-0.39, 0.29) is 6.42 Å². The topological polar surface area (TPSA) is 336 Å². The predicted octanol–water partition coefficient (Wildman–Crippen LogP) is -8.58. The molecule has 0 aliphatic carbocycles. The average Bonchev–Trinajstić information content (AvgIpc) is 3.03. The number of aliphatic hydroxyl groups excluding tert-OH is 12. The molecule has 0 aromatic carbocycles. The fraction of sp³-hybridized carbons (Fsp3) is 0.962. The van der Waals surface area contributed by atoms with E-state index in [4.69, 9.17) is 33.2 Å². The van der Waals surface area contributed by atoms with Gasteiger partial charge in [-0.2, -0.15) is 0 Å². The molecule has 21 heteroatoms. The lowest BCUT2D eigenvalue weighted by Crippen LogP contribution is -2.68. The van der Waals surface area contributed by atoms with E-state index in [9.17, 15) is 66.1 Å². The second-order valence-electron chi connectivity index (χ2n) is 11.8. The highest BCUT2D eigenvalue weighted by atomic mass is 16.8. The van der Waals surface area contributed by atoms with Crippen molar-refractivity contribution in [3.05, 3.63) is 0 Å². The number of rotatable bonds is 11. The first-order valence-corrected chi connectivity index (χ1v) is 15.0. The van der Waals surface area contributed by atoms with Gasteiger partial charge in [0.25, 0.3) is 0 Å². The molecule has 0 aromatic heterocycles. The fourth-order valence-electron chi connectivity index (χ4n) is 5.79. The highest BCUT2D eigenvalue weighted by Crippen LogP contribution is 2.33. The van der Waals surface area contributed by atoms with Crippen LogP contribution in [-0.4, -0.2) is 210 Å². The van der Waals surface area contributed by atoms with Crippen molar-refractivity contribution in [2.75, 3.05) is 26.4 Å². The summed E-state index contributed by atoms with van der Waals surface area (Å²) >= 11 is 0. The second-order valence-corrected chi connectivity index (χ2v) is 11.8. The first-order valence-electron chi connectivity index (χ1n) is 15.0. The summed E-state index contributed by atoms with van der Waals surface area (Å²) in [7, 11) is 0. The van der Waals surface area contributed by atoms with Crippen LogP contribution in [0.3, 0.4) is 0 Å². The molecule has 0 aromatic rings. The molecule has 4 heterocycles.